The Labute approximate surface area is 192 Å². The molecule has 4 rings (SSSR count). The van der Waals surface area contributed by atoms with Crippen LogP contribution in [0.2, 0.25) is 5.02 Å². The molecule has 0 saturated heterocycles. The van der Waals surface area contributed by atoms with E-state index in [0.29, 0.717) is 40.2 Å². The number of nitrogens with one attached hydrogen (secondary N) is 3. The maximum Gasteiger partial charge on any atom is 0.277 e. The molecule has 1 aromatic carbocycles. The monoisotopic (exact) mass is 472 g/mol. The Balaban J connectivity index is 1.47. The predicted molar refractivity (Wildman–Crippen MR) is 125 cm³/mol. The lowest BCUT2D eigenvalue weighted by molar-refractivity contribution is -0.116. The van der Waals surface area contributed by atoms with Gasteiger partial charge in [-0.15, -0.1) is 11.3 Å². The Morgan fingerprint density at radius 1 is 1.31 bits per heavy atom. The summed E-state index contributed by atoms with van der Waals surface area (Å²) in [6.07, 6.45) is 0.323. The third kappa shape index (κ3) is 4.76. The van der Waals surface area contributed by atoms with E-state index in [1.165, 1.54) is 11.6 Å². The molecule has 9 nitrogen and oxygen atoms in total. The van der Waals surface area contributed by atoms with E-state index in [0.717, 1.165) is 4.88 Å². The number of aryl methyl sites for hydroxylation is 1. The third-order valence-corrected chi connectivity index (χ3v) is 5.95. The number of aromatic nitrogens is 4. The fourth-order valence-electron chi connectivity index (χ4n) is 3.23. The number of benzene rings is 1. The normalized spacial score (nSPS) is 11.0. The topological polar surface area (TPSA) is 113 Å². The van der Waals surface area contributed by atoms with Crippen molar-refractivity contribution in [3.63, 3.8) is 0 Å². The van der Waals surface area contributed by atoms with Gasteiger partial charge in [0.15, 0.2) is 0 Å². The van der Waals surface area contributed by atoms with Gasteiger partial charge in [-0.3, -0.25) is 14.7 Å². The summed E-state index contributed by atoms with van der Waals surface area (Å²) < 4.78 is 6.53. The molecule has 0 aliphatic rings. The highest BCUT2D eigenvalue weighted by atomic mass is 35.5. The Kier molecular flexibility index (Phi) is 6.42. The van der Waals surface area contributed by atoms with E-state index >= 15 is 0 Å². The number of halogens is 1. The predicted octanol–water partition coefficient (Wildman–Crippen LogP) is 3.63. The molecule has 3 aromatic heterocycles. The van der Waals surface area contributed by atoms with Crippen LogP contribution in [0.5, 0.6) is 5.75 Å². The van der Waals surface area contributed by atoms with Crippen molar-refractivity contribution in [1.82, 2.24) is 19.6 Å². The summed E-state index contributed by atoms with van der Waals surface area (Å²) >= 11 is 7.64. The van der Waals surface area contributed by atoms with E-state index in [-0.39, 0.29) is 30.1 Å². The van der Waals surface area contributed by atoms with Gasteiger partial charge in [-0.1, -0.05) is 17.7 Å². The van der Waals surface area contributed by atoms with Crippen LogP contribution in [-0.2, 0) is 17.8 Å². The number of hydrogen-bond acceptors (Lipinski definition) is 7. The second-order valence-corrected chi connectivity index (χ2v) is 8.48. The standard InChI is InChI=1S/C21H21ClN6O3S/c1-12-15(6-8-18(29)25-16-10-13(22)5-7-17(16)31-2)19(30)28-21(24-12)26-20(27-28)23-11-14-4-3-9-32-14/h3-5,7,9-10H,6,8,11H2,1-2H3,(H,25,29)(H2,23,24,26,27). The molecule has 166 valence electrons. The van der Waals surface area contributed by atoms with Crippen molar-refractivity contribution in [3.05, 3.63) is 67.2 Å². The van der Waals surface area contributed by atoms with E-state index < -0.39 is 0 Å². The number of rotatable bonds is 8. The molecule has 0 unspecified atom stereocenters. The van der Waals surface area contributed by atoms with Crippen molar-refractivity contribution in [2.45, 2.75) is 26.3 Å². The number of carbonyl (C=O) groups excluding carboxylic acids is 1. The third-order valence-electron chi connectivity index (χ3n) is 4.84. The van der Waals surface area contributed by atoms with Crippen LogP contribution >= 0.6 is 22.9 Å². The van der Waals surface area contributed by atoms with Crippen molar-refractivity contribution in [2.75, 3.05) is 17.7 Å². The molecular weight excluding hydrogens is 452 g/mol. The Bertz CT molecular complexity index is 1320. The van der Waals surface area contributed by atoms with Crippen molar-refractivity contribution in [3.8, 4) is 5.75 Å². The van der Waals surface area contributed by atoms with Crippen LogP contribution in [0.15, 0.2) is 40.5 Å². The van der Waals surface area contributed by atoms with Crippen LogP contribution in [0.1, 0.15) is 22.6 Å². The Morgan fingerprint density at radius 2 is 2.16 bits per heavy atom. The summed E-state index contributed by atoms with van der Waals surface area (Å²) in [5.74, 6) is 0.961. The highest BCUT2D eigenvalue weighted by molar-refractivity contribution is 7.09. The molecular formula is C21H21ClN6O3S. The minimum atomic E-state index is -0.280. The molecule has 0 aliphatic carbocycles. The summed E-state index contributed by atoms with van der Waals surface area (Å²) in [6.45, 7) is 2.33. The van der Waals surface area contributed by atoms with Gasteiger partial charge < -0.3 is 15.4 Å². The zero-order valence-corrected chi connectivity index (χ0v) is 19.0. The molecule has 11 heteroatoms. The summed E-state index contributed by atoms with van der Waals surface area (Å²) in [4.78, 5) is 35.4. The van der Waals surface area contributed by atoms with Crippen LogP contribution < -0.4 is 20.9 Å². The molecule has 3 heterocycles. The number of carbonyl (C=O) groups is 1. The van der Waals surface area contributed by atoms with E-state index in [4.69, 9.17) is 16.3 Å². The average Bonchev–Trinajstić information content (AvgIpc) is 3.42. The van der Waals surface area contributed by atoms with E-state index in [2.05, 4.69) is 25.7 Å². The number of methoxy groups -OCH3 is 1. The lowest BCUT2D eigenvalue weighted by atomic mass is 10.1. The molecule has 0 saturated carbocycles. The highest BCUT2D eigenvalue weighted by Crippen LogP contribution is 2.27. The number of anilines is 2. The first-order valence-corrected chi connectivity index (χ1v) is 11.1. The summed E-state index contributed by atoms with van der Waals surface area (Å²) in [5.41, 5.74) is 1.18. The van der Waals surface area contributed by atoms with Gasteiger partial charge in [0.05, 0.1) is 25.0 Å². The van der Waals surface area contributed by atoms with E-state index in [1.807, 2.05) is 17.5 Å². The van der Waals surface area contributed by atoms with Crippen molar-refractivity contribution >= 4 is 46.3 Å². The molecule has 0 atom stereocenters. The van der Waals surface area contributed by atoms with Crippen LogP contribution in [-0.4, -0.2) is 32.6 Å². The van der Waals surface area contributed by atoms with Crippen LogP contribution in [0.25, 0.3) is 5.78 Å². The largest absolute Gasteiger partial charge is 0.495 e. The number of nitrogens with zero attached hydrogens (tertiary/aromatic N) is 3. The quantitative estimate of drug-likeness (QED) is 0.361. The molecule has 32 heavy (non-hydrogen) atoms. The fourth-order valence-corrected chi connectivity index (χ4v) is 4.05. The number of fused-ring (bicyclic) bond motifs is 1. The lowest BCUT2D eigenvalue weighted by Gasteiger charge is -2.11. The molecule has 4 aromatic rings. The SMILES string of the molecule is COc1ccc(Cl)cc1NC(=O)CCc1c(C)nc2nc(NCc3cccs3)[nH]n2c1=O. The van der Waals surface area contributed by atoms with Gasteiger partial charge in [0.1, 0.15) is 5.75 Å². The van der Waals surface area contributed by atoms with Crippen molar-refractivity contribution in [2.24, 2.45) is 0 Å². The number of ether oxygens (including phenoxy) is 1. The second-order valence-electron chi connectivity index (χ2n) is 7.01. The first-order chi connectivity index (χ1) is 15.4. The molecule has 0 fully saturated rings. The minimum absolute atomic E-state index is 0.0944. The molecule has 0 spiro atoms. The van der Waals surface area contributed by atoms with Gasteiger partial charge in [-0.2, -0.15) is 9.50 Å². The van der Waals surface area contributed by atoms with E-state index in [1.54, 1.807) is 36.5 Å². The molecule has 0 radical (unpaired) electrons. The van der Waals surface area contributed by atoms with Crippen LogP contribution in [0, 0.1) is 6.92 Å². The number of aromatic amines is 1. The smallest absolute Gasteiger partial charge is 0.277 e. The molecule has 3 N–H and O–H groups in total. The van der Waals surface area contributed by atoms with Gasteiger partial charge in [-0.25, -0.2) is 4.98 Å². The molecule has 0 bridgehead atoms. The van der Waals surface area contributed by atoms with Gasteiger partial charge in [0, 0.05) is 21.9 Å². The van der Waals surface area contributed by atoms with Gasteiger partial charge >= 0.3 is 0 Å². The van der Waals surface area contributed by atoms with Gasteiger partial charge in [0.2, 0.25) is 11.9 Å². The summed E-state index contributed by atoms with van der Waals surface area (Å²) in [7, 11) is 1.51. The lowest BCUT2D eigenvalue weighted by Crippen LogP contribution is -2.23. The second kappa shape index (κ2) is 9.41. The fraction of sp³-hybridized carbons (Fsp3) is 0.238. The number of thiophene rings is 1. The Morgan fingerprint density at radius 3 is 2.91 bits per heavy atom. The van der Waals surface area contributed by atoms with E-state index in [9.17, 15) is 9.59 Å². The maximum atomic E-state index is 13.0. The Hall–Kier alpha value is -3.37. The maximum absolute atomic E-state index is 13.0. The number of H-pyrrole nitrogens is 1. The van der Waals surface area contributed by atoms with Crippen molar-refractivity contribution in [1.29, 1.82) is 0 Å². The first kappa shape index (κ1) is 21.8. The minimum Gasteiger partial charge on any atom is -0.495 e. The number of amides is 1. The summed E-state index contributed by atoms with van der Waals surface area (Å²) in [6, 6.07) is 8.95. The molecule has 0 aliphatic heterocycles. The van der Waals surface area contributed by atoms with Gasteiger partial charge in [0.25, 0.3) is 11.3 Å². The van der Waals surface area contributed by atoms with Gasteiger partial charge in [-0.05, 0) is 43.0 Å². The zero-order valence-electron chi connectivity index (χ0n) is 17.4. The molecule has 1 amide bonds. The van der Waals surface area contributed by atoms with Crippen LogP contribution in [0.3, 0.4) is 0 Å². The summed E-state index contributed by atoms with van der Waals surface area (Å²) in [5, 5.41) is 11.3. The highest BCUT2D eigenvalue weighted by Gasteiger charge is 2.15. The first-order valence-electron chi connectivity index (χ1n) is 9.82. The zero-order chi connectivity index (χ0) is 22.7. The number of hydrogen-bond donors (Lipinski definition) is 3. The van der Waals surface area contributed by atoms with Crippen molar-refractivity contribution < 1.29 is 9.53 Å². The van der Waals surface area contributed by atoms with Crippen LogP contribution in [0.4, 0.5) is 11.6 Å². The average molecular weight is 473 g/mol.